The van der Waals surface area contributed by atoms with Crippen LogP contribution in [0.15, 0.2) is 0 Å². The number of hydrogen-bond donors (Lipinski definition) is 2. The van der Waals surface area contributed by atoms with Gasteiger partial charge in [0.2, 0.25) is 0 Å². The average molecular weight is 291 g/mol. The van der Waals surface area contributed by atoms with Gasteiger partial charge >= 0.3 is 0 Å². The van der Waals surface area contributed by atoms with Crippen LogP contribution in [-0.4, -0.2) is 63.4 Å². The van der Waals surface area contributed by atoms with E-state index in [0.29, 0.717) is 38.9 Å². The van der Waals surface area contributed by atoms with E-state index >= 15 is 0 Å². The van der Waals surface area contributed by atoms with Crippen LogP contribution in [0.1, 0.15) is 34.1 Å². The molecule has 5 nitrogen and oxygen atoms in total. The molecule has 0 fully saturated rings. The molecular weight excluding hydrogens is 258 g/mol. The number of aliphatic hydroxyl groups excluding tert-OH is 1. The molecule has 0 aliphatic heterocycles. The molecule has 0 saturated heterocycles. The molecule has 0 bridgehead atoms. The lowest BCUT2D eigenvalue weighted by Crippen LogP contribution is -2.32. The monoisotopic (exact) mass is 291 g/mol. The molecule has 0 spiro atoms. The third kappa shape index (κ3) is 15.9. The Morgan fingerprint density at radius 3 is 2.35 bits per heavy atom. The second kappa shape index (κ2) is 13.8. The Balaban J connectivity index is 3.18. The Bertz CT molecular complexity index is 200. The van der Waals surface area contributed by atoms with Crippen LogP contribution in [-0.2, 0) is 14.2 Å². The lowest BCUT2D eigenvalue weighted by Gasteiger charge is -2.13. The van der Waals surface area contributed by atoms with Gasteiger partial charge < -0.3 is 24.6 Å². The molecule has 0 aromatic rings. The van der Waals surface area contributed by atoms with Crippen molar-refractivity contribution in [2.75, 3.05) is 46.1 Å². The van der Waals surface area contributed by atoms with Crippen LogP contribution >= 0.6 is 0 Å². The highest BCUT2D eigenvalue weighted by atomic mass is 16.5. The molecule has 0 aliphatic rings. The second-order valence-corrected chi connectivity index (χ2v) is 5.65. The molecule has 20 heavy (non-hydrogen) atoms. The topological polar surface area (TPSA) is 60.0 Å². The third-order valence-corrected chi connectivity index (χ3v) is 2.63. The zero-order chi connectivity index (χ0) is 15.2. The molecule has 0 amide bonds. The molecule has 0 heterocycles. The summed E-state index contributed by atoms with van der Waals surface area (Å²) >= 11 is 0. The maximum Gasteiger partial charge on any atom is 0.0897 e. The zero-order valence-corrected chi connectivity index (χ0v) is 13.6. The predicted octanol–water partition coefficient (Wildman–Crippen LogP) is 1.44. The molecule has 0 aromatic heterocycles. The first-order valence-corrected chi connectivity index (χ1v) is 7.68. The van der Waals surface area contributed by atoms with E-state index in [4.69, 9.17) is 14.2 Å². The van der Waals surface area contributed by atoms with E-state index in [1.165, 1.54) is 0 Å². The lowest BCUT2D eigenvalue weighted by molar-refractivity contribution is -0.0103. The summed E-state index contributed by atoms with van der Waals surface area (Å²) in [6.07, 6.45) is 0.833. The highest BCUT2D eigenvalue weighted by Gasteiger charge is 2.03. The Morgan fingerprint density at radius 1 is 0.950 bits per heavy atom. The van der Waals surface area contributed by atoms with Crippen LogP contribution in [0.5, 0.6) is 0 Å². The van der Waals surface area contributed by atoms with Gasteiger partial charge in [0, 0.05) is 19.7 Å². The highest BCUT2D eigenvalue weighted by Crippen LogP contribution is 1.98. The van der Waals surface area contributed by atoms with Crippen molar-refractivity contribution in [1.29, 1.82) is 0 Å². The van der Waals surface area contributed by atoms with Crippen molar-refractivity contribution in [2.24, 2.45) is 5.92 Å². The van der Waals surface area contributed by atoms with Crippen LogP contribution in [0, 0.1) is 5.92 Å². The van der Waals surface area contributed by atoms with Crippen molar-refractivity contribution in [3.63, 3.8) is 0 Å². The summed E-state index contributed by atoms with van der Waals surface area (Å²) in [5, 5.41) is 12.8. The van der Waals surface area contributed by atoms with E-state index in [1.807, 2.05) is 13.8 Å². The Labute approximate surface area is 124 Å². The van der Waals surface area contributed by atoms with Crippen molar-refractivity contribution in [3.8, 4) is 0 Å². The van der Waals surface area contributed by atoms with Gasteiger partial charge in [-0.3, -0.25) is 0 Å². The Morgan fingerprint density at radius 2 is 1.70 bits per heavy atom. The molecule has 1 unspecified atom stereocenters. The van der Waals surface area contributed by atoms with E-state index in [2.05, 4.69) is 19.2 Å². The van der Waals surface area contributed by atoms with Gasteiger partial charge in [-0.2, -0.15) is 0 Å². The maximum atomic E-state index is 9.66. The zero-order valence-electron chi connectivity index (χ0n) is 13.6. The highest BCUT2D eigenvalue weighted by molar-refractivity contribution is 4.58. The van der Waals surface area contributed by atoms with Gasteiger partial charge in [-0.1, -0.05) is 13.8 Å². The fourth-order valence-corrected chi connectivity index (χ4v) is 1.46. The van der Waals surface area contributed by atoms with Gasteiger partial charge in [0.05, 0.1) is 38.6 Å². The van der Waals surface area contributed by atoms with E-state index in [1.54, 1.807) is 0 Å². The van der Waals surface area contributed by atoms with Crippen molar-refractivity contribution in [3.05, 3.63) is 0 Å². The van der Waals surface area contributed by atoms with Crippen molar-refractivity contribution in [1.82, 2.24) is 5.32 Å². The maximum absolute atomic E-state index is 9.66. The molecule has 2 N–H and O–H groups in total. The first-order chi connectivity index (χ1) is 9.52. The molecular formula is C15H33NO4. The third-order valence-electron chi connectivity index (χ3n) is 2.63. The molecule has 0 aromatic carbocycles. The number of hydrogen-bond acceptors (Lipinski definition) is 5. The largest absolute Gasteiger partial charge is 0.389 e. The molecule has 0 saturated carbocycles. The van der Waals surface area contributed by atoms with E-state index < -0.39 is 6.10 Å². The van der Waals surface area contributed by atoms with Gasteiger partial charge in [0.1, 0.15) is 0 Å². The van der Waals surface area contributed by atoms with Crippen LogP contribution in [0.25, 0.3) is 0 Å². The summed E-state index contributed by atoms with van der Waals surface area (Å²) < 4.78 is 16.1. The molecule has 0 rings (SSSR count). The van der Waals surface area contributed by atoms with Gasteiger partial charge in [-0.05, 0) is 26.2 Å². The summed E-state index contributed by atoms with van der Waals surface area (Å²) in [6.45, 7) is 12.5. The van der Waals surface area contributed by atoms with Crippen molar-refractivity contribution < 1.29 is 19.3 Å². The van der Waals surface area contributed by atoms with Crippen LogP contribution in [0.3, 0.4) is 0 Å². The van der Waals surface area contributed by atoms with Crippen molar-refractivity contribution >= 4 is 0 Å². The minimum Gasteiger partial charge on any atom is -0.389 e. The Hall–Kier alpha value is -0.200. The SMILES string of the molecule is CC(C)CCOCCNCC(O)COCCOC(C)C. The standard InChI is InChI=1S/C15H33NO4/c1-13(2)5-7-18-8-6-16-11-15(17)12-19-9-10-20-14(3)4/h13-17H,5-12H2,1-4H3. The average Bonchev–Trinajstić information content (AvgIpc) is 2.36. The summed E-state index contributed by atoms with van der Waals surface area (Å²) in [6, 6.07) is 0. The van der Waals surface area contributed by atoms with Gasteiger partial charge in [-0.15, -0.1) is 0 Å². The normalized spacial score (nSPS) is 13.3. The quantitative estimate of drug-likeness (QED) is 0.474. The predicted molar refractivity (Wildman–Crippen MR) is 81.1 cm³/mol. The molecule has 1 atom stereocenters. The second-order valence-electron chi connectivity index (χ2n) is 5.65. The van der Waals surface area contributed by atoms with E-state index in [9.17, 15) is 5.11 Å². The number of rotatable bonds is 14. The minimum absolute atomic E-state index is 0.223. The first-order valence-electron chi connectivity index (χ1n) is 7.68. The lowest BCUT2D eigenvalue weighted by atomic mass is 10.1. The smallest absolute Gasteiger partial charge is 0.0897 e. The van der Waals surface area contributed by atoms with Gasteiger partial charge in [-0.25, -0.2) is 0 Å². The number of nitrogens with one attached hydrogen (secondary N) is 1. The Kier molecular flexibility index (Phi) is 13.6. The van der Waals surface area contributed by atoms with Crippen molar-refractivity contribution in [2.45, 2.75) is 46.3 Å². The molecule has 0 aliphatic carbocycles. The summed E-state index contributed by atoms with van der Waals surface area (Å²) in [7, 11) is 0. The number of ether oxygens (including phenoxy) is 3. The summed E-state index contributed by atoms with van der Waals surface area (Å²) in [5.74, 6) is 0.682. The summed E-state index contributed by atoms with van der Waals surface area (Å²) in [4.78, 5) is 0. The van der Waals surface area contributed by atoms with E-state index in [0.717, 1.165) is 19.6 Å². The first kappa shape index (κ1) is 19.8. The fourth-order valence-electron chi connectivity index (χ4n) is 1.46. The van der Waals surface area contributed by atoms with Crippen LogP contribution < -0.4 is 5.32 Å². The molecule has 0 radical (unpaired) electrons. The minimum atomic E-state index is -0.482. The molecule has 5 heteroatoms. The molecule has 122 valence electrons. The number of aliphatic hydroxyl groups is 1. The van der Waals surface area contributed by atoms with Crippen LogP contribution in [0.4, 0.5) is 0 Å². The fraction of sp³-hybridized carbons (Fsp3) is 1.00. The van der Waals surface area contributed by atoms with E-state index in [-0.39, 0.29) is 6.10 Å². The van der Waals surface area contributed by atoms with Gasteiger partial charge in [0.15, 0.2) is 0 Å². The summed E-state index contributed by atoms with van der Waals surface area (Å²) in [5.41, 5.74) is 0. The van der Waals surface area contributed by atoms with Gasteiger partial charge in [0.25, 0.3) is 0 Å². The van der Waals surface area contributed by atoms with Crippen LogP contribution in [0.2, 0.25) is 0 Å².